The molecule has 0 spiro atoms. The molecule has 0 aromatic carbocycles. The number of carbonyl (C=O) groups excluding carboxylic acids is 1. The third-order valence-corrected chi connectivity index (χ3v) is 4.59. The Bertz CT molecular complexity index is 641. The molecule has 1 atom stereocenters. The first-order chi connectivity index (χ1) is 10.1. The molecule has 0 radical (unpaired) electrons. The minimum Gasteiger partial charge on any atom is -0.363 e. The molecule has 1 saturated heterocycles. The van der Waals surface area contributed by atoms with Crippen molar-refractivity contribution in [1.29, 1.82) is 0 Å². The van der Waals surface area contributed by atoms with Gasteiger partial charge in [-0.05, 0) is 19.4 Å². The minimum absolute atomic E-state index is 0.0707. The Morgan fingerprint density at radius 3 is 3.05 bits per heavy atom. The molecule has 3 rings (SSSR count). The third-order valence-electron chi connectivity index (χ3n) is 3.49. The van der Waals surface area contributed by atoms with Crippen LogP contribution in [0, 0.1) is 0 Å². The smallest absolute Gasteiger partial charge is 0.288 e. The van der Waals surface area contributed by atoms with Crippen molar-refractivity contribution in [3.63, 3.8) is 0 Å². The number of hydrogen-bond donors (Lipinski definition) is 1. The molecule has 1 amide bonds. The summed E-state index contributed by atoms with van der Waals surface area (Å²) < 4.78 is 2.31. The lowest BCUT2D eigenvalue weighted by molar-refractivity contribution is 0.0989. The van der Waals surface area contributed by atoms with Crippen LogP contribution in [0.2, 0.25) is 4.47 Å². The van der Waals surface area contributed by atoms with Crippen LogP contribution in [0.4, 0.5) is 0 Å². The van der Waals surface area contributed by atoms with Gasteiger partial charge in [0.05, 0.1) is 6.04 Å². The van der Waals surface area contributed by atoms with E-state index in [-0.39, 0.29) is 11.9 Å². The molecule has 2 aromatic rings. The highest BCUT2D eigenvalue weighted by Crippen LogP contribution is 2.24. The maximum Gasteiger partial charge on any atom is 0.288 e. The fraction of sp³-hybridized carbons (Fsp3) is 0.500. The van der Waals surface area contributed by atoms with Gasteiger partial charge < -0.3 is 5.73 Å². The molecular formula is C12H15ClN6OS. The van der Waals surface area contributed by atoms with E-state index >= 15 is 0 Å². The first-order valence-electron chi connectivity index (χ1n) is 6.65. The van der Waals surface area contributed by atoms with Crippen molar-refractivity contribution in [3.8, 4) is 0 Å². The first-order valence-corrected chi connectivity index (χ1v) is 7.85. The molecule has 0 aliphatic carbocycles. The topological polar surface area (TPSA) is 89.9 Å². The van der Waals surface area contributed by atoms with Crippen LogP contribution < -0.4 is 5.73 Å². The molecule has 3 heterocycles. The number of piperidine rings is 1. The molecule has 1 aliphatic rings. The highest BCUT2D eigenvalue weighted by molar-refractivity contribution is 7.15. The summed E-state index contributed by atoms with van der Waals surface area (Å²) in [5.74, 6) is -0.526. The number of amides is 1. The second kappa shape index (κ2) is 6.08. The summed E-state index contributed by atoms with van der Waals surface area (Å²) in [7, 11) is 0. The number of rotatable bonds is 4. The lowest BCUT2D eigenvalue weighted by Crippen LogP contribution is -2.36. The van der Waals surface area contributed by atoms with E-state index in [9.17, 15) is 4.79 Å². The van der Waals surface area contributed by atoms with Crippen molar-refractivity contribution >= 4 is 28.8 Å². The van der Waals surface area contributed by atoms with Gasteiger partial charge in [0.2, 0.25) is 5.82 Å². The van der Waals surface area contributed by atoms with E-state index < -0.39 is 5.91 Å². The Hall–Kier alpha value is -1.51. The van der Waals surface area contributed by atoms with Crippen LogP contribution in [-0.2, 0) is 6.54 Å². The Morgan fingerprint density at radius 1 is 1.52 bits per heavy atom. The van der Waals surface area contributed by atoms with E-state index in [4.69, 9.17) is 17.3 Å². The average molecular weight is 327 g/mol. The summed E-state index contributed by atoms with van der Waals surface area (Å²) in [4.78, 5) is 22.5. The van der Waals surface area contributed by atoms with Gasteiger partial charge in [-0.2, -0.15) is 0 Å². The second-order valence-corrected chi connectivity index (χ2v) is 6.72. The monoisotopic (exact) mass is 326 g/mol. The molecule has 0 unspecified atom stereocenters. The summed E-state index contributed by atoms with van der Waals surface area (Å²) >= 11 is 7.36. The normalized spacial score (nSPS) is 19.8. The molecule has 7 nitrogen and oxygen atoms in total. The number of hydrogen-bond acceptors (Lipinski definition) is 6. The van der Waals surface area contributed by atoms with Gasteiger partial charge in [-0.1, -0.05) is 11.6 Å². The zero-order chi connectivity index (χ0) is 14.8. The van der Waals surface area contributed by atoms with Crippen LogP contribution in [-0.4, -0.2) is 43.6 Å². The highest BCUT2D eigenvalue weighted by Gasteiger charge is 2.23. The van der Waals surface area contributed by atoms with Crippen molar-refractivity contribution in [3.05, 3.63) is 27.7 Å². The van der Waals surface area contributed by atoms with E-state index in [1.54, 1.807) is 11.0 Å². The second-order valence-electron chi connectivity index (χ2n) is 5.02. The van der Waals surface area contributed by atoms with Gasteiger partial charge in [-0.3, -0.25) is 9.69 Å². The highest BCUT2D eigenvalue weighted by atomic mass is 35.5. The Kier molecular flexibility index (Phi) is 4.18. The zero-order valence-electron chi connectivity index (χ0n) is 11.3. The van der Waals surface area contributed by atoms with E-state index in [0.717, 1.165) is 37.4 Å². The van der Waals surface area contributed by atoms with Crippen molar-refractivity contribution in [2.75, 3.05) is 13.1 Å². The average Bonchev–Trinajstić information content (AvgIpc) is 3.08. The summed E-state index contributed by atoms with van der Waals surface area (Å²) in [6.45, 7) is 2.72. The first kappa shape index (κ1) is 14.4. The van der Waals surface area contributed by atoms with Crippen molar-refractivity contribution in [2.24, 2.45) is 5.73 Å². The molecule has 1 aliphatic heterocycles. The predicted molar refractivity (Wildman–Crippen MR) is 79.2 cm³/mol. The van der Waals surface area contributed by atoms with Crippen LogP contribution in [0.1, 0.15) is 34.4 Å². The molecule has 112 valence electrons. The third kappa shape index (κ3) is 3.39. The van der Waals surface area contributed by atoms with Gasteiger partial charge in [0, 0.05) is 24.2 Å². The molecule has 21 heavy (non-hydrogen) atoms. The molecule has 1 fully saturated rings. The number of likely N-dealkylation sites (tertiary alicyclic amines) is 1. The molecule has 0 bridgehead atoms. The quantitative estimate of drug-likeness (QED) is 0.915. The fourth-order valence-corrected chi connectivity index (χ4v) is 3.55. The fourth-order valence-electron chi connectivity index (χ4n) is 2.53. The number of thiazole rings is 1. The zero-order valence-corrected chi connectivity index (χ0v) is 12.8. The predicted octanol–water partition coefficient (Wildman–Crippen LogP) is 1.32. The standard InChI is InChI=1S/C12H15ClN6OS/c13-12-15-4-9(21-12)6-18-3-1-2-8(5-18)19-7-16-11(17-19)10(14)20/h4,7-8H,1-3,5-6H2,(H2,14,20)/t8-/m1/s1. The summed E-state index contributed by atoms with van der Waals surface area (Å²) in [5, 5.41) is 4.15. The van der Waals surface area contributed by atoms with Crippen LogP contribution in [0.25, 0.3) is 0 Å². The van der Waals surface area contributed by atoms with Crippen molar-refractivity contribution in [1.82, 2.24) is 24.6 Å². The van der Waals surface area contributed by atoms with Crippen LogP contribution in [0.5, 0.6) is 0 Å². The van der Waals surface area contributed by atoms with Crippen molar-refractivity contribution < 1.29 is 4.79 Å². The van der Waals surface area contributed by atoms with Gasteiger partial charge >= 0.3 is 0 Å². The Morgan fingerprint density at radius 2 is 2.38 bits per heavy atom. The maximum atomic E-state index is 11.1. The Labute approximate surface area is 130 Å². The van der Waals surface area contributed by atoms with Crippen molar-refractivity contribution in [2.45, 2.75) is 25.4 Å². The minimum atomic E-state index is -0.597. The lowest BCUT2D eigenvalue weighted by atomic mass is 10.1. The number of aromatic nitrogens is 4. The maximum absolute atomic E-state index is 11.1. The van der Waals surface area contributed by atoms with Crippen LogP contribution in [0.3, 0.4) is 0 Å². The molecular weight excluding hydrogens is 312 g/mol. The molecule has 2 N–H and O–H groups in total. The van der Waals surface area contributed by atoms with Gasteiger partial charge in [0.25, 0.3) is 5.91 Å². The Balaban J connectivity index is 1.66. The lowest BCUT2D eigenvalue weighted by Gasteiger charge is -2.32. The number of halogens is 1. The summed E-state index contributed by atoms with van der Waals surface area (Å²) in [5.41, 5.74) is 5.18. The van der Waals surface area contributed by atoms with E-state index in [1.165, 1.54) is 11.3 Å². The number of nitrogens with zero attached hydrogens (tertiary/aromatic N) is 5. The van der Waals surface area contributed by atoms with Gasteiger partial charge in [-0.15, -0.1) is 16.4 Å². The number of primary amides is 1. The number of carbonyl (C=O) groups is 1. The van der Waals surface area contributed by atoms with E-state index in [2.05, 4.69) is 20.0 Å². The van der Waals surface area contributed by atoms with E-state index in [1.807, 2.05) is 6.20 Å². The van der Waals surface area contributed by atoms with Crippen LogP contribution in [0.15, 0.2) is 12.5 Å². The molecule has 2 aromatic heterocycles. The van der Waals surface area contributed by atoms with E-state index in [0.29, 0.717) is 4.47 Å². The number of nitrogens with two attached hydrogens (primary N) is 1. The van der Waals surface area contributed by atoms with Gasteiger partial charge in [0.1, 0.15) is 6.33 Å². The summed E-state index contributed by atoms with van der Waals surface area (Å²) in [6, 6.07) is 0.211. The molecule has 9 heteroatoms. The largest absolute Gasteiger partial charge is 0.363 e. The van der Waals surface area contributed by atoms with Gasteiger partial charge in [-0.25, -0.2) is 14.6 Å². The SMILES string of the molecule is NC(=O)c1ncn([C@@H]2CCCN(Cc3cnc(Cl)s3)C2)n1. The summed E-state index contributed by atoms with van der Waals surface area (Å²) in [6.07, 6.45) is 5.49. The van der Waals surface area contributed by atoms with Gasteiger partial charge in [0.15, 0.2) is 4.47 Å². The molecule has 0 saturated carbocycles. The van der Waals surface area contributed by atoms with Crippen LogP contribution >= 0.6 is 22.9 Å².